The molecule has 0 amide bonds. The van der Waals surface area contributed by atoms with Crippen molar-refractivity contribution in [3.63, 3.8) is 0 Å². The number of rotatable bonds is 10. The molecule has 1 fully saturated rings. The van der Waals surface area contributed by atoms with Crippen LogP contribution in [0.5, 0.6) is 0 Å². The quantitative estimate of drug-likeness (QED) is 0.241. The van der Waals surface area contributed by atoms with Gasteiger partial charge in [-0.2, -0.15) is 9.63 Å². The second-order valence-electron chi connectivity index (χ2n) is 9.72. The Morgan fingerprint density at radius 2 is 1.60 bits per heavy atom. The summed E-state index contributed by atoms with van der Waals surface area (Å²) < 4.78 is 41.4. The molecule has 10 nitrogen and oxygen atoms in total. The first kappa shape index (κ1) is 29.8. The molecule has 0 spiro atoms. The number of aromatic nitrogens is 2. The minimum absolute atomic E-state index is 0.0930. The number of benzene rings is 3. The second-order valence-corrected chi connectivity index (χ2v) is 11.9. The fourth-order valence-electron chi connectivity index (χ4n) is 5.16. The molecule has 5 rings (SSSR count). The smallest absolute Gasteiger partial charge is 0.308 e. The van der Waals surface area contributed by atoms with Crippen molar-refractivity contribution >= 4 is 24.4 Å². The van der Waals surface area contributed by atoms with Crippen LogP contribution in [0.25, 0.3) is 10.9 Å². The van der Waals surface area contributed by atoms with Gasteiger partial charge in [0.2, 0.25) is 0 Å². The number of carbonyl (C=O) groups is 1. The molecule has 2 unspecified atom stereocenters. The molecule has 1 saturated heterocycles. The first-order chi connectivity index (χ1) is 20.3. The summed E-state index contributed by atoms with van der Waals surface area (Å²) in [6.07, 6.45) is -0.533. The molecule has 0 bridgehead atoms. The Balaban J connectivity index is 1.57. The summed E-state index contributed by atoms with van der Waals surface area (Å²) in [6.45, 7) is 3.94. The number of hydrogen-bond acceptors (Lipinski definition) is 8. The van der Waals surface area contributed by atoms with Crippen LogP contribution in [-0.4, -0.2) is 45.2 Å². The van der Waals surface area contributed by atoms with Gasteiger partial charge in [-0.15, -0.1) is 0 Å². The van der Waals surface area contributed by atoms with Gasteiger partial charge in [0.25, 0.3) is 11.5 Å². The third-order valence-electron chi connectivity index (χ3n) is 7.00. The van der Waals surface area contributed by atoms with Gasteiger partial charge >= 0.3 is 13.3 Å². The summed E-state index contributed by atoms with van der Waals surface area (Å²) in [6, 6.07) is 21.0. The highest BCUT2D eigenvalue weighted by Crippen LogP contribution is 2.58. The largest absolute Gasteiger partial charge is 0.350 e. The summed E-state index contributed by atoms with van der Waals surface area (Å²) in [7, 11) is -3.68. The van der Waals surface area contributed by atoms with Crippen molar-refractivity contribution < 1.29 is 27.6 Å². The molecule has 0 N–H and O–H groups in total. The minimum atomic E-state index is -3.68. The van der Waals surface area contributed by atoms with Crippen molar-refractivity contribution in [3.8, 4) is 0 Å². The molecule has 0 aliphatic carbocycles. The van der Waals surface area contributed by atoms with Crippen LogP contribution in [0.3, 0.4) is 0 Å². The van der Waals surface area contributed by atoms with Crippen LogP contribution in [0.1, 0.15) is 36.2 Å². The molecule has 0 saturated carbocycles. The van der Waals surface area contributed by atoms with Crippen molar-refractivity contribution in [1.82, 2.24) is 14.2 Å². The molecule has 1 aromatic heterocycles. The van der Waals surface area contributed by atoms with Crippen molar-refractivity contribution in [2.75, 3.05) is 13.2 Å². The summed E-state index contributed by atoms with van der Waals surface area (Å²) >= 11 is 0. The van der Waals surface area contributed by atoms with E-state index in [-0.39, 0.29) is 43.6 Å². The number of hydroxylamine groups is 2. The lowest BCUT2D eigenvalue weighted by atomic mass is 10.2. The number of carbonyl (C=O) groups excluding carboxylic acids is 1. The van der Waals surface area contributed by atoms with Gasteiger partial charge in [0.1, 0.15) is 11.6 Å². The highest BCUT2D eigenvalue weighted by molar-refractivity contribution is 7.54. The number of hydrogen-bond donors (Lipinski definition) is 0. The highest BCUT2D eigenvalue weighted by atomic mass is 31.2. The van der Waals surface area contributed by atoms with Crippen LogP contribution in [0.4, 0.5) is 4.39 Å². The maximum Gasteiger partial charge on any atom is 0.350 e. The molecule has 1 aliphatic heterocycles. The number of para-hydroxylation sites is 1. The third kappa shape index (κ3) is 5.79. The minimum Gasteiger partial charge on any atom is -0.308 e. The maximum atomic E-state index is 14.5. The molecule has 2 heterocycles. The lowest BCUT2D eigenvalue weighted by Gasteiger charge is -2.28. The lowest BCUT2D eigenvalue weighted by Crippen LogP contribution is -2.45. The summed E-state index contributed by atoms with van der Waals surface area (Å²) in [5, 5.41) is 1.66. The standard InChI is InChI=1S/C30H31FN3O7P/c1-3-39-42(38,40-4-2)27-18-22(41-33(27)19-21-12-6-5-7-13-21)20-32-26-17-11-9-15-24(26)29(36)34(30(32)37)28(35)23-14-8-10-16-25(23)31/h5-17,22,27H,3-4,18-20H2,1-2H3. The van der Waals surface area contributed by atoms with Crippen LogP contribution in [0.15, 0.2) is 88.5 Å². The molecule has 1 aliphatic rings. The van der Waals surface area contributed by atoms with E-state index >= 15 is 0 Å². The van der Waals surface area contributed by atoms with E-state index in [4.69, 9.17) is 13.9 Å². The number of fused-ring (bicyclic) bond motifs is 1. The van der Waals surface area contributed by atoms with E-state index in [9.17, 15) is 23.3 Å². The molecular weight excluding hydrogens is 564 g/mol. The average molecular weight is 596 g/mol. The van der Waals surface area contributed by atoms with Crippen LogP contribution in [-0.2, 0) is 31.5 Å². The lowest BCUT2D eigenvalue weighted by molar-refractivity contribution is -0.164. The van der Waals surface area contributed by atoms with E-state index in [1.54, 1.807) is 37.1 Å². The van der Waals surface area contributed by atoms with Crippen molar-refractivity contribution in [2.24, 2.45) is 0 Å². The Labute approximate surface area is 241 Å². The zero-order valence-electron chi connectivity index (χ0n) is 23.2. The Morgan fingerprint density at radius 1 is 0.952 bits per heavy atom. The third-order valence-corrected chi connectivity index (χ3v) is 9.43. The molecule has 42 heavy (non-hydrogen) atoms. The molecule has 0 radical (unpaired) electrons. The van der Waals surface area contributed by atoms with E-state index in [0.29, 0.717) is 4.57 Å². The Hall–Kier alpha value is -3.73. The van der Waals surface area contributed by atoms with E-state index in [1.807, 2.05) is 30.3 Å². The molecule has 2 atom stereocenters. The van der Waals surface area contributed by atoms with Gasteiger partial charge in [-0.3, -0.25) is 23.6 Å². The molecule has 220 valence electrons. The monoisotopic (exact) mass is 595 g/mol. The van der Waals surface area contributed by atoms with Gasteiger partial charge < -0.3 is 9.05 Å². The van der Waals surface area contributed by atoms with Crippen molar-refractivity contribution in [3.05, 3.63) is 117 Å². The first-order valence-electron chi connectivity index (χ1n) is 13.7. The van der Waals surface area contributed by atoms with Crippen molar-refractivity contribution in [2.45, 2.75) is 45.2 Å². The molecular formula is C30H31FN3O7P. The highest BCUT2D eigenvalue weighted by Gasteiger charge is 2.47. The van der Waals surface area contributed by atoms with Gasteiger partial charge in [-0.05, 0) is 43.7 Å². The Morgan fingerprint density at radius 3 is 2.29 bits per heavy atom. The second kappa shape index (κ2) is 12.6. The summed E-state index contributed by atoms with van der Waals surface area (Å²) in [4.78, 5) is 46.7. The molecule has 12 heteroatoms. The van der Waals surface area contributed by atoms with E-state index < -0.39 is 48.0 Å². The Kier molecular flexibility index (Phi) is 8.96. The van der Waals surface area contributed by atoms with E-state index in [0.717, 1.165) is 11.6 Å². The van der Waals surface area contributed by atoms with Crippen molar-refractivity contribution in [1.29, 1.82) is 0 Å². The maximum absolute atomic E-state index is 14.5. The van der Waals surface area contributed by atoms with Crippen LogP contribution in [0, 0.1) is 5.82 Å². The SMILES string of the molecule is CCOP(=O)(OCC)C1CC(Cn2c(=O)n(C(=O)c3ccccc3F)c(=O)c3ccccc32)ON1Cc1ccccc1. The van der Waals surface area contributed by atoms with Crippen LogP contribution >= 0.6 is 7.60 Å². The van der Waals surface area contributed by atoms with Gasteiger partial charge in [0.15, 0.2) is 0 Å². The fourth-order valence-corrected chi connectivity index (χ4v) is 7.25. The predicted octanol–water partition coefficient (Wildman–Crippen LogP) is 4.79. The van der Waals surface area contributed by atoms with Gasteiger partial charge in [-0.1, -0.05) is 54.6 Å². The molecule has 3 aromatic carbocycles. The predicted molar refractivity (Wildman–Crippen MR) is 155 cm³/mol. The van der Waals surface area contributed by atoms with Gasteiger partial charge in [0, 0.05) is 6.42 Å². The topological polar surface area (TPSA) is 109 Å². The van der Waals surface area contributed by atoms with E-state index in [2.05, 4.69) is 0 Å². The summed E-state index contributed by atoms with van der Waals surface area (Å²) in [5.41, 5.74) is -1.02. The number of halogens is 1. The van der Waals surface area contributed by atoms with E-state index in [1.165, 1.54) is 28.8 Å². The van der Waals surface area contributed by atoms with Crippen LogP contribution in [0.2, 0.25) is 0 Å². The normalized spacial score (nSPS) is 17.6. The van der Waals surface area contributed by atoms with Gasteiger partial charge in [-0.25, -0.2) is 9.18 Å². The zero-order valence-corrected chi connectivity index (χ0v) is 24.1. The van der Waals surface area contributed by atoms with Gasteiger partial charge in [0.05, 0.1) is 48.9 Å². The zero-order chi connectivity index (χ0) is 29.9. The first-order valence-corrected chi connectivity index (χ1v) is 15.3. The summed E-state index contributed by atoms with van der Waals surface area (Å²) in [5.74, 6) is -2.71. The van der Waals surface area contributed by atoms with Crippen LogP contribution < -0.4 is 11.2 Å². The number of nitrogens with zero attached hydrogens (tertiary/aromatic N) is 3. The average Bonchev–Trinajstić information content (AvgIpc) is 3.39. The Bertz CT molecular complexity index is 1750. The fraction of sp³-hybridized carbons (Fsp3) is 0.300. The molecule has 4 aromatic rings.